The van der Waals surface area contributed by atoms with E-state index in [1.165, 1.54) is 6.08 Å². The molecule has 4 nitrogen and oxygen atoms in total. The van der Waals surface area contributed by atoms with E-state index < -0.39 is 17.3 Å². The Morgan fingerprint density at radius 1 is 1.25 bits per heavy atom. The average molecular weight is 268 g/mol. The molecular formula is C10H21O4PS. The van der Waals surface area contributed by atoms with Crippen molar-refractivity contribution in [3.05, 3.63) is 12.7 Å². The first-order valence-corrected chi connectivity index (χ1v) is 8.83. The Balaban J connectivity index is 4.92. The van der Waals surface area contributed by atoms with Crippen molar-refractivity contribution in [3.63, 3.8) is 0 Å². The highest BCUT2D eigenvalue weighted by molar-refractivity contribution is 7.95. The molecule has 0 aromatic rings. The van der Waals surface area contributed by atoms with Gasteiger partial charge in [0, 0.05) is 11.3 Å². The Morgan fingerprint density at radius 2 is 1.69 bits per heavy atom. The van der Waals surface area contributed by atoms with Crippen molar-refractivity contribution in [2.75, 3.05) is 12.1 Å². The van der Waals surface area contributed by atoms with Gasteiger partial charge >= 0.3 is 0 Å². The van der Waals surface area contributed by atoms with Crippen molar-refractivity contribution in [2.24, 2.45) is 0 Å². The van der Waals surface area contributed by atoms with Crippen molar-refractivity contribution >= 4 is 17.3 Å². The number of rotatable bonds is 7. The van der Waals surface area contributed by atoms with Gasteiger partial charge < -0.3 is 4.57 Å². The lowest BCUT2D eigenvalue weighted by Gasteiger charge is -2.25. The van der Waals surface area contributed by atoms with Gasteiger partial charge in [-0.25, -0.2) is 0 Å². The molecule has 0 saturated heterocycles. The van der Waals surface area contributed by atoms with Gasteiger partial charge in [-0.2, -0.15) is 8.42 Å². The maximum absolute atomic E-state index is 12.5. The zero-order valence-corrected chi connectivity index (χ0v) is 12.1. The third-order valence-electron chi connectivity index (χ3n) is 2.47. The largest absolute Gasteiger partial charge is 0.322 e. The Morgan fingerprint density at radius 3 is 2.00 bits per heavy atom. The Hall–Kier alpha value is -0.120. The Labute approximate surface area is 98.6 Å². The van der Waals surface area contributed by atoms with Crippen LogP contribution < -0.4 is 0 Å². The van der Waals surface area contributed by atoms with Gasteiger partial charge in [-0.05, 0) is 0 Å². The molecule has 0 aliphatic rings. The zero-order valence-electron chi connectivity index (χ0n) is 10.3. The second kappa shape index (κ2) is 5.99. The lowest BCUT2D eigenvalue weighted by Crippen LogP contribution is -2.19. The van der Waals surface area contributed by atoms with Gasteiger partial charge in [0.2, 0.25) is 0 Å². The highest BCUT2D eigenvalue weighted by atomic mass is 32.2. The maximum Gasteiger partial charge on any atom is 0.274 e. The predicted molar refractivity (Wildman–Crippen MR) is 67.8 cm³/mol. The molecule has 6 heteroatoms. The molecule has 0 amide bonds. The third kappa shape index (κ3) is 4.40. The van der Waals surface area contributed by atoms with Crippen LogP contribution in [0.2, 0.25) is 0 Å². The molecule has 16 heavy (non-hydrogen) atoms. The molecular weight excluding hydrogens is 247 g/mol. The molecule has 0 aromatic heterocycles. The summed E-state index contributed by atoms with van der Waals surface area (Å²) in [6.07, 6.45) is 1.35. The van der Waals surface area contributed by atoms with Crippen LogP contribution in [0, 0.1) is 0 Å². The molecule has 0 bridgehead atoms. The summed E-state index contributed by atoms with van der Waals surface area (Å²) in [6, 6.07) is 0. The highest BCUT2D eigenvalue weighted by Gasteiger charge is 2.35. The summed E-state index contributed by atoms with van der Waals surface area (Å²) in [6.45, 7) is 10.4. The van der Waals surface area contributed by atoms with Gasteiger partial charge in [-0.1, -0.05) is 33.8 Å². The SMILES string of the molecule is C=CCOS(=O)(=O)CP(=O)(C(C)C)C(C)C. The van der Waals surface area contributed by atoms with E-state index in [1.807, 2.05) is 0 Å². The minimum atomic E-state index is -3.73. The first-order valence-electron chi connectivity index (χ1n) is 5.22. The molecule has 0 rings (SSSR count). The summed E-state index contributed by atoms with van der Waals surface area (Å²) in [5.41, 5.74) is -0.701. The molecule has 0 aliphatic heterocycles. The van der Waals surface area contributed by atoms with E-state index in [1.54, 1.807) is 27.7 Å². The van der Waals surface area contributed by atoms with Gasteiger partial charge in [-0.15, -0.1) is 6.58 Å². The summed E-state index contributed by atoms with van der Waals surface area (Å²) in [7, 11) is -6.50. The molecule has 0 atom stereocenters. The van der Waals surface area contributed by atoms with Crippen molar-refractivity contribution in [3.8, 4) is 0 Å². The van der Waals surface area contributed by atoms with Gasteiger partial charge in [0.05, 0.1) is 6.61 Å². The van der Waals surface area contributed by atoms with Crippen molar-refractivity contribution < 1.29 is 17.2 Å². The van der Waals surface area contributed by atoms with Crippen LogP contribution in [0.15, 0.2) is 12.7 Å². The second-order valence-electron chi connectivity index (χ2n) is 4.30. The average Bonchev–Trinajstić information content (AvgIpc) is 2.13. The van der Waals surface area contributed by atoms with E-state index in [9.17, 15) is 13.0 Å². The van der Waals surface area contributed by atoms with Gasteiger partial charge in [0.15, 0.2) is 0 Å². The highest BCUT2D eigenvalue weighted by Crippen LogP contribution is 2.55. The molecule has 0 radical (unpaired) electrons. The number of hydrogen-bond acceptors (Lipinski definition) is 4. The van der Waals surface area contributed by atoms with Crippen LogP contribution in [-0.2, 0) is 18.9 Å². The van der Waals surface area contributed by atoms with Crippen LogP contribution in [0.1, 0.15) is 27.7 Å². The fourth-order valence-corrected chi connectivity index (χ4v) is 7.49. The van der Waals surface area contributed by atoms with Crippen LogP contribution in [0.4, 0.5) is 0 Å². The molecule has 0 unspecified atom stereocenters. The molecule has 0 aliphatic carbocycles. The van der Waals surface area contributed by atoms with E-state index in [4.69, 9.17) is 0 Å². The van der Waals surface area contributed by atoms with E-state index in [2.05, 4.69) is 10.8 Å². The summed E-state index contributed by atoms with van der Waals surface area (Å²) in [4.78, 5) is 0. The van der Waals surface area contributed by atoms with Crippen LogP contribution in [0.5, 0.6) is 0 Å². The zero-order chi connectivity index (χ0) is 13.0. The van der Waals surface area contributed by atoms with E-state index >= 15 is 0 Å². The topological polar surface area (TPSA) is 60.4 Å². The van der Waals surface area contributed by atoms with E-state index in [0.29, 0.717) is 0 Å². The summed E-state index contributed by atoms with van der Waals surface area (Å²) < 4.78 is 40.3. The van der Waals surface area contributed by atoms with Crippen LogP contribution in [0.25, 0.3) is 0 Å². The minimum Gasteiger partial charge on any atom is -0.322 e. The molecule has 0 fully saturated rings. The first-order chi connectivity index (χ1) is 7.15. The lowest BCUT2D eigenvalue weighted by atomic mass is 10.5. The Bertz CT molecular complexity index is 358. The fraction of sp³-hybridized carbons (Fsp3) is 0.800. The standard InChI is InChI=1S/C10H21O4PS/c1-6-7-14-16(12,13)8-15(11,9(2)3)10(4)5/h6,9-10H,1,7-8H2,2-5H3. The lowest BCUT2D eigenvalue weighted by molar-refractivity contribution is 0.360. The van der Waals surface area contributed by atoms with Gasteiger partial charge in [-0.3, -0.25) is 4.18 Å². The minimum absolute atomic E-state index is 0.0709. The van der Waals surface area contributed by atoms with E-state index in [0.717, 1.165) is 0 Å². The van der Waals surface area contributed by atoms with E-state index in [-0.39, 0.29) is 23.4 Å². The van der Waals surface area contributed by atoms with Crippen molar-refractivity contribution in [1.29, 1.82) is 0 Å². The Kier molecular flexibility index (Phi) is 5.94. The molecule has 0 aromatic carbocycles. The maximum atomic E-state index is 12.5. The number of hydrogen-bond donors (Lipinski definition) is 0. The molecule has 0 N–H and O–H groups in total. The van der Waals surface area contributed by atoms with Crippen molar-refractivity contribution in [1.82, 2.24) is 0 Å². The summed E-state index contributed by atoms with van der Waals surface area (Å²) >= 11 is 0. The van der Waals surface area contributed by atoms with Crippen LogP contribution >= 0.6 is 7.14 Å². The normalized spacial score (nSPS) is 13.4. The van der Waals surface area contributed by atoms with Crippen LogP contribution in [-0.4, -0.2) is 31.8 Å². The molecule has 0 spiro atoms. The first kappa shape index (κ1) is 15.9. The molecule has 0 heterocycles. The summed E-state index contributed by atoms with van der Waals surface area (Å²) in [5, 5.41) is 0. The molecule has 96 valence electrons. The third-order valence-corrected chi connectivity index (χ3v) is 9.34. The van der Waals surface area contributed by atoms with Gasteiger partial charge in [0.1, 0.15) is 12.6 Å². The fourth-order valence-electron chi connectivity index (χ4n) is 1.33. The monoisotopic (exact) mass is 268 g/mol. The second-order valence-corrected chi connectivity index (χ2v) is 10.5. The quantitative estimate of drug-likeness (QED) is 0.404. The predicted octanol–water partition coefficient (Wildman–Crippen LogP) is 2.66. The van der Waals surface area contributed by atoms with Crippen LogP contribution in [0.3, 0.4) is 0 Å². The van der Waals surface area contributed by atoms with Gasteiger partial charge in [0.25, 0.3) is 10.1 Å². The molecule has 0 saturated carbocycles. The summed E-state index contributed by atoms with van der Waals surface area (Å²) in [5.74, 6) is 0. The smallest absolute Gasteiger partial charge is 0.274 e. The van der Waals surface area contributed by atoms with Crippen molar-refractivity contribution in [2.45, 2.75) is 39.0 Å².